The van der Waals surface area contributed by atoms with Gasteiger partial charge in [-0.2, -0.15) is 0 Å². The summed E-state index contributed by atoms with van der Waals surface area (Å²) in [6.45, 7) is 3.55. The number of rotatable bonds is 3. The van der Waals surface area contributed by atoms with Crippen LogP contribution >= 0.6 is 0 Å². The molecule has 1 heterocycles. The highest BCUT2D eigenvalue weighted by atomic mass is 16.4. The van der Waals surface area contributed by atoms with Gasteiger partial charge in [0.05, 0.1) is 5.92 Å². The van der Waals surface area contributed by atoms with Crippen LogP contribution in [0.15, 0.2) is 29.1 Å². The molecular weight excluding hydrogens is 230 g/mol. The zero-order valence-electron chi connectivity index (χ0n) is 10.4. The van der Waals surface area contributed by atoms with Crippen LogP contribution in [0.4, 0.5) is 0 Å². The minimum absolute atomic E-state index is 0.207. The van der Waals surface area contributed by atoms with Crippen molar-refractivity contribution in [1.82, 2.24) is 4.98 Å². The SMILES string of the molecule is Cc1ccc2cc(CC(C)C(=O)O)c(=O)[nH]c2c1. The molecule has 1 unspecified atom stereocenters. The monoisotopic (exact) mass is 245 g/mol. The van der Waals surface area contributed by atoms with Crippen molar-refractivity contribution in [3.63, 3.8) is 0 Å². The number of carbonyl (C=O) groups is 1. The molecule has 0 amide bonds. The maximum absolute atomic E-state index is 11.9. The summed E-state index contributed by atoms with van der Waals surface area (Å²) >= 11 is 0. The molecule has 1 aromatic carbocycles. The molecule has 2 N–H and O–H groups in total. The summed E-state index contributed by atoms with van der Waals surface area (Å²) in [6.07, 6.45) is 0.245. The number of carboxylic acids is 1. The summed E-state index contributed by atoms with van der Waals surface area (Å²) in [5, 5.41) is 9.80. The highest BCUT2D eigenvalue weighted by molar-refractivity contribution is 5.79. The highest BCUT2D eigenvalue weighted by Gasteiger charge is 2.14. The van der Waals surface area contributed by atoms with E-state index in [0.717, 1.165) is 16.5 Å². The van der Waals surface area contributed by atoms with E-state index >= 15 is 0 Å². The number of hydrogen-bond donors (Lipinski definition) is 2. The fraction of sp³-hybridized carbons (Fsp3) is 0.286. The van der Waals surface area contributed by atoms with E-state index < -0.39 is 11.9 Å². The minimum Gasteiger partial charge on any atom is -0.481 e. The summed E-state index contributed by atoms with van der Waals surface area (Å²) in [5.74, 6) is -1.45. The quantitative estimate of drug-likeness (QED) is 0.870. The largest absolute Gasteiger partial charge is 0.481 e. The average molecular weight is 245 g/mol. The standard InChI is InChI=1S/C14H15NO3/c1-8-3-4-10-7-11(6-9(2)14(17)18)13(16)15-12(10)5-8/h3-5,7,9H,6H2,1-2H3,(H,15,16)(H,17,18). The Balaban J connectivity index is 2.47. The molecule has 0 radical (unpaired) electrons. The third kappa shape index (κ3) is 2.42. The fourth-order valence-corrected chi connectivity index (χ4v) is 1.93. The van der Waals surface area contributed by atoms with Crippen LogP contribution in [-0.4, -0.2) is 16.1 Å². The van der Waals surface area contributed by atoms with Gasteiger partial charge in [-0.1, -0.05) is 19.1 Å². The molecule has 18 heavy (non-hydrogen) atoms. The predicted molar refractivity (Wildman–Crippen MR) is 69.8 cm³/mol. The topological polar surface area (TPSA) is 70.2 Å². The molecule has 0 fully saturated rings. The third-order valence-electron chi connectivity index (χ3n) is 3.03. The minimum atomic E-state index is -0.890. The highest BCUT2D eigenvalue weighted by Crippen LogP contribution is 2.14. The molecule has 0 saturated heterocycles. The summed E-state index contributed by atoms with van der Waals surface area (Å²) < 4.78 is 0. The summed E-state index contributed by atoms with van der Waals surface area (Å²) in [6, 6.07) is 7.56. The Morgan fingerprint density at radius 3 is 2.78 bits per heavy atom. The number of pyridine rings is 1. The van der Waals surface area contributed by atoms with Crippen LogP contribution in [0.1, 0.15) is 18.1 Å². The average Bonchev–Trinajstić information content (AvgIpc) is 2.30. The van der Waals surface area contributed by atoms with Gasteiger partial charge < -0.3 is 10.1 Å². The molecule has 0 aliphatic rings. The van der Waals surface area contributed by atoms with Gasteiger partial charge in [-0.3, -0.25) is 9.59 Å². The van der Waals surface area contributed by atoms with Gasteiger partial charge in [0.1, 0.15) is 0 Å². The first-order chi connectivity index (χ1) is 8.47. The Kier molecular flexibility index (Phi) is 3.19. The molecule has 0 aliphatic heterocycles. The van der Waals surface area contributed by atoms with Crippen molar-refractivity contribution in [2.45, 2.75) is 20.3 Å². The van der Waals surface area contributed by atoms with Crippen LogP contribution in [0.5, 0.6) is 0 Å². The Labute approximate surface area is 104 Å². The van der Waals surface area contributed by atoms with Crippen molar-refractivity contribution < 1.29 is 9.90 Å². The lowest BCUT2D eigenvalue weighted by Crippen LogP contribution is -2.19. The third-order valence-corrected chi connectivity index (χ3v) is 3.03. The number of aryl methyl sites for hydroxylation is 1. The fourth-order valence-electron chi connectivity index (χ4n) is 1.93. The number of aromatic nitrogens is 1. The van der Waals surface area contributed by atoms with Gasteiger partial charge in [0, 0.05) is 11.1 Å². The summed E-state index contributed by atoms with van der Waals surface area (Å²) in [7, 11) is 0. The number of hydrogen-bond acceptors (Lipinski definition) is 2. The van der Waals surface area contributed by atoms with Gasteiger partial charge in [0.25, 0.3) is 5.56 Å². The van der Waals surface area contributed by atoms with Crippen LogP contribution < -0.4 is 5.56 Å². The van der Waals surface area contributed by atoms with Gasteiger partial charge in [-0.05, 0) is 36.4 Å². The van der Waals surface area contributed by atoms with E-state index in [9.17, 15) is 9.59 Å². The summed E-state index contributed by atoms with van der Waals surface area (Å²) in [4.78, 5) is 25.5. The second-order valence-electron chi connectivity index (χ2n) is 4.66. The molecular formula is C14H15NO3. The molecule has 2 rings (SSSR count). The number of nitrogens with one attached hydrogen (secondary N) is 1. The second kappa shape index (κ2) is 4.64. The van der Waals surface area contributed by atoms with Crippen LogP contribution in [-0.2, 0) is 11.2 Å². The van der Waals surface area contributed by atoms with E-state index in [0.29, 0.717) is 5.56 Å². The Morgan fingerprint density at radius 2 is 2.11 bits per heavy atom. The van der Waals surface area contributed by atoms with E-state index in [1.54, 1.807) is 13.0 Å². The molecule has 0 spiro atoms. The van der Waals surface area contributed by atoms with Crippen LogP contribution in [0.25, 0.3) is 10.9 Å². The van der Waals surface area contributed by atoms with Crippen LogP contribution in [0.3, 0.4) is 0 Å². The van der Waals surface area contributed by atoms with E-state index in [1.165, 1.54) is 0 Å². The maximum atomic E-state index is 11.9. The number of H-pyrrole nitrogens is 1. The number of carboxylic acid groups (broad SMARTS) is 1. The van der Waals surface area contributed by atoms with Crippen molar-refractivity contribution >= 4 is 16.9 Å². The Bertz CT molecular complexity index is 658. The van der Waals surface area contributed by atoms with Gasteiger partial charge in [0.2, 0.25) is 0 Å². The smallest absolute Gasteiger partial charge is 0.306 e. The number of fused-ring (bicyclic) bond motifs is 1. The zero-order chi connectivity index (χ0) is 13.3. The predicted octanol–water partition coefficient (Wildman–Crippen LogP) is 2.10. The molecule has 0 aliphatic carbocycles. The lowest BCUT2D eigenvalue weighted by atomic mass is 10.0. The lowest BCUT2D eigenvalue weighted by Gasteiger charge is -2.07. The second-order valence-corrected chi connectivity index (χ2v) is 4.66. The Morgan fingerprint density at radius 1 is 1.39 bits per heavy atom. The van der Waals surface area contributed by atoms with Crippen LogP contribution in [0, 0.1) is 12.8 Å². The van der Waals surface area contributed by atoms with Crippen molar-refractivity contribution in [1.29, 1.82) is 0 Å². The van der Waals surface area contributed by atoms with Gasteiger partial charge in [-0.25, -0.2) is 0 Å². The van der Waals surface area contributed by atoms with Crippen molar-refractivity contribution in [2.75, 3.05) is 0 Å². The van der Waals surface area contributed by atoms with Crippen molar-refractivity contribution in [3.8, 4) is 0 Å². The number of benzene rings is 1. The lowest BCUT2D eigenvalue weighted by molar-refractivity contribution is -0.141. The molecule has 1 aromatic heterocycles. The summed E-state index contributed by atoms with van der Waals surface area (Å²) in [5.41, 5.74) is 2.17. The molecule has 4 nitrogen and oxygen atoms in total. The molecule has 94 valence electrons. The van der Waals surface area contributed by atoms with E-state index in [2.05, 4.69) is 4.98 Å². The molecule has 2 aromatic rings. The number of aromatic amines is 1. The van der Waals surface area contributed by atoms with Crippen molar-refractivity contribution in [2.24, 2.45) is 5.92 Å². The first-order valence-corrected chi connectivity index (χ1v) is 5.83. The first-order valence-electron chi connectivity index (χ1n) is 5.83. The van der Waals surface area contributed by atoms with E-state index in [1.807, 2.05) is 25.1 Å². The van der Waals surface area contributed by atoms with E-state index in [-0.39, 0.29) is 12.0 Å². The molecule has 4 heteroatoms. The van der Waals surface area contributed by atoms with Gasteiger partial charge in [0.15, 0.2) is 0 Å². The molecule has 1 atom stereocenters. The Hall–Kier alpha value is -2.10. The maximum Gasteiger partial charge on any atom is 0.306 e. The van der Waals surface area contributed by atoms with Crippen LogP contribution in [0.2, 0.25) is 0 Å². The number of aliphatic carboxylic acids is 1. The molecule has 0 bridgehead atoms. The first kappa shape index (κ1) is 12.4. The van der Waals surface area contributed by atoms with Crippen molar-refractivity contribution in [3.05, 3.63) is 45.7 Å². The molecule has 0 saturated carbocycles. The van der Waals surface area contributed by atoms with Gasteiger partial charge in [-0.15, -0.1) is 0 Å². The van der Waals surface area contributed by atoms with Gasteiger partial charge >= 0.3 is 5.97 Å². The zero-order valence-corrected chi connectivity index (χ0v) is 10.4. The van der Waals surface area contributed by atoms with E-state index in [4.69, 9.17) is 5.11 Å². The normalized spacial score (nSPS) is 12.6.